The fraction of sp³-hybridized carbons (Fsp3) is 0.364. The Balaban J connectivity index is 2.11. The van der Waals surface area contributed by atoms with Gasteiger partial charge in [0.2, 0.25) is 11.8 Å². The van der Waals surface area contributed by atoms with Crippen LogP contribution in [0, 0.1) is 12.7 Å². The molecule has 0 unspecified atom stereocenters. The molecule has 0 aromatic heterocycles. The first kappa shape index (κ1) is 23.2. The summed E-state index contributed by atoms with van der Waals surface area (Å²) in [5, 5.41) is 3.12. The van der Waals surface area contributed by atoms with E-state index in [-0.39, 0.29) is 29.1 Å². The minimum Gasteiger partial charge on any atom is -0.355 e. The first-order valence-electron chi connectivity index (χ1n) is 9.47. The van der Waals surface area contributed by atoms with Crippen LogP contribution in [0.4, 0.5) is 4.39 Å². The lowest BCUT2D eigenvalue weighted by molar-refractivity contribution is -0.138. The maximum Gasteiger partial charge on any atom is 0.242 e. The van der Waals surface area contributed by atoms with Gasteiger partial charge in [0.15, 0.2) is 0 Å². The Hall–Kier alpha value is -2.05. The van der Waals surface area contributed by atoms with Gasteiger partial charge < -0.3 is 10.2 Å². The zero-order valence-corrected chi connectivity index (χ0v) is 18.4. The van der Waals surface area contributed by atoms with Crippen molar-refractivity contribution in [2.24, 2.45) is 0 Å². The summed E-state index contributed by atoms with van der Waals surface area (Å²) in [6.07, 6.45) is 0. The van der Waals surface area contributed by atoms with Gasteiger partial charge in [-0.05, 0) is 44.0 Å². The molecule has 0 saturated carbocycles. The van der Waals surface area contributed by atoms with Crippen molar-refractivity contribution < 1.29 is 14.0 Å². The maximum atomic E-state index is 13.9. The summed E-state index contributed by atoms with van der Waals surface area (Å²) < 4.78 is 13.9. The highest BCUT2D eigenvalue weighted by atomic mass is 35.5. The lowest BCUT2D eigenvalue weighted by atomic mass is 10.1. The van der Waals surface area contributed by atoms with E-state index in [9.17, 15) is 14.0 Å². The Kier molecular flexibility index (Phi) is 8.99. The van der Waals surface area contributed by atoms with Crippen molar-refractivity contribution in [2.45, 2.75) is 39.1 Å². The van der Waals surface area contributed by atoms with Gasteiger partial charge in [0.1, 0.15) is 11.9 Å². The van der Waals surface area contributed by atoms with Crippen molar-refractivity contribution in [3.63, 3.8) is 0 Å². The molecule has 0 fully saturated rings. The van der Waals surface area contributed by atoms with Gasteiger partial charge in [-0.3, -0.25) is 9.59 Å². The second kappa shape index (κ2) is 11.2. The van der Waals surface area contributed by atoms with Crippen LogP contribution in [-0.4, -0.2) is 35.1 Å². The number of likely N-dealkylation sites (N-methyl/N-ethyl adjacent to an activating group) is 1. The predicted octanol–water partition coefficient (Wildman–Crippen LogP) is 4.57. The second-order valence-corrected chi connectivity index (χ2v) is 8.10. The highest BCUT2D eigenvalue weighted by molar-refractivity contribution is 7.99. The Bertz CT molecular complexity index is 842. The van der Waals surface area contributed by atoms with Crippen LogP contribution in [0.2, 0.25) is 5.02 Å². The highest BCUT2D eigenvalue weighted by Crippen LogP contribution is 2.24. The molecular weight excluding hydrogens is 411 g/mol. The van der Waals surface area contributed by atoms with Crippen LogP contribution in [0.1, 0.15) is 30.5 Å². The van der Waals surface area contributed by atoms with Gasteiger partial charge in [0, 0.05) is 29.4 Å². The normalized spacial score (nSPS) is 11.8. The average Bonchev–Trinajstić information content (AvgIpc) is 2.69. The van der Waals surface area contributed by atoms with Gasteiger partial charge in [-0.25, -0.2) is 4.39 Å². The molecule has 0 radical (unpaired) electrons. The van der Waals surface area contributed by atoms with E-state index >= 15 is 0 Å². The third-order valence-corrected chi connectivity index (χ3v) is 5.95. The molecule has 2 rings (SSSR count). The third kappa shape index (κ3) is 6.47. The van der Waals surface area contributed by atoms with Gasteiger partial charge in [0.05, 0.1) is 5.75 Å². The minimum absolute atomic E-state index is 0.125. The largest absolute Gasteiger partial charge is 0.355 e. The molecule has 0 bridgehead atoms. The number of benzene rings is 2. The molecule has 0 heterocycles. The number of carbonyl (C=O) groups excluding carboxylic acids is 2. The van der Waals surface area contributed by atoms with Gasteiger partial charge >= 0.3 is 0 Å². The highest BCUT2D eigenvalue weighted by Gasteiger charge is 2.26. The van der Waals surface area contributed by atoms with Crippen LogP contribution in [0.5, 0.6) is 0 Å². The average molecular weight is 437 g/mol. The zero-order chi connectivity index (χ0) is 21.4. The molecule has 156 valence electrons. The molecule has 2 aromatic rings. The minimum atomic E-state index is -0.611. The van der Waals surface area contributed by atoms with E-state index < -0.39 is 6.04 Å². The number of hydrogen-bond donors (Lipinski definition) is 1. The monoisotopic (exact) mass is 436 g/mol. The van der Waals surface area contributed by atoms with Crippen molar-refractivity contribution in [2.75, 3.05) is 12.3 Å². The van der Waals surface area contributed by atoms with Crippen molar-refractivity contribution >= 4 is 35.2 Å². The number of amides is 2. The molecule has 29 heavy (non-hydrogen) atoms. The predicted molar refractivity (Wildman–Crippen MR) is 117 cm³/mol. The van der Waals surface area contributed by atoms with E-state index in [1.165, 1.54) is 17.8 Å². The first-order chi connectivity index (χ1) is 13.8. The molecule has 0 aliphatic heterocycles. The summed E-state index contributed by atoms with van der Waals surface area (Å²) in [7, 11) is 0. The summed E-state index contributed by atoms with van der Waals surface area (Å²) in [4.78, 5) is 26.9. The lowest BCUT2D eigenvalue weighted by Crippen LogP contribution is -2.48. The van der Waals surface area contributed by atoms with Crippen LogP contribution in [0.3, 0.4) is 0 Å². The fourth-order valence-electron chi connectivity index (χ4n) is 2.87. The Morgan fingerprint density at radius 2 is 1.93 bits per heavy atom. The molecule has 0 aliphatic carbocycles. The summed E-state index contributed by atoms with van der Waals surface area (Å²) in [5.41, 5.74) is 2.42. The standard InChI is InChI=1S/C22H26ClFN2O2S/c1-4-25-22(28)16(3)26(12-17-9-6-5-8-15(17)2)21(27)14-29-13-18-19(23)10-7-11-20(18)24/h5-11,16H,4,12-14H2,1-3H3,(H,25,28)/t16-/m1/s1. The van der Waals surface area contributed by atoms with E-state index in [4.69, 9.17) is 11.6 Å². The van der Waals surface area contributed by atoms with E-state index in [1.807, 2.05) is 38.1 Å². The molecule has 1 atom stereocenters. The van der Waals surface area contributed by atoms with Crippen LogP contribution in [0.15, 0.2) is 42.5 Å². The van der Waals surface area contributed by atoms with Gasteiger partial charge in [-0.1, -0.05) is 41.9 Å². The van der Waals surface area contributed by atoms with Gasteiger partial charge in [-0.2, -0.15) is 0 Å². The summed E-state index contributed by atoms with van der Waals surface area (Å²) in [5.74, 6) is -0.350. The molecular formula is C22H26ClFN2O2S. The Morgan fingerprint density at radius 1 is 1.21 bits per heavy atom. The van der Waals surface area contributed by atoms with Crippen LogP contribution in [0.25, 0.3) is 0 Å². The molecule has 0 spiro atoms. The molecule has 4 nitrogen and oxygen atoms in total. The quantitative estimate of drug-likeness (QED) is 0.626. The van der Waals surface area contributed by atoms with Crippen molar-refractivity contribution in [1.29, 1.82) is 0 Å². The smallest absolute Gasteiger partial charge is 0.242 e. The lowest BCUT2D eigenvalue weighted by Gasteiger charge is -2.29. The Morgan fingerprint density at radius 3 is 2.59 bits per heavy atom. The number of nitrogens with zero attached hydrogens (tertiary/aromatic N) is 1. The van der Waals surface area contributed by atoms with Crippen LogP contribution >= 0.6 is 23.4 Å². The maximum absolute atomic E-state index is 13.9. The Labute approximate surface area is 180 Å². The van der Waals surface area contributed by atoms with E-state index in [1.54, 1.807) is 24.0 Å². The van der Waals surface area contributed by atoms with Crippen molar-refractivity contribution in [3.05, 3.63) is 70.0 Å². The molecule has 7 heteroatoms. The van der Waals surface area contributed by atoms with Crippen LogP contribution in [-0.2, 0) is 21.9 Å². The number of carbonyl (C=O) groups is 2. The number of halogens is 2. The van der Waals surface area contributed by atoms with Crippen LogP contribution < -0.4 is 5.32 Å². The number of hydrogen-bond acceptors (Lipinski definition) is 3. The molecule has 2 amide bonds. The number of thioether (sulfide) groups is 1. The van der Waals surface area contributed by atoms with Gasteiger partial charge in [0.25, 0.3) is 0 Å². The summed E-state index contributed by atoms with van der Waals surface area (Å²) in [6, 6.07) is 11.7. The molecule has 1 N–H and O–H groups in total. The first-order valence-corrected chi connectivity index (χ1v) is 11.0. The number of aryl methyl sites for hydroxylation is 1. The number of nitrogens with one attached hydrogen (secondary N) is 1. The number of rotatable bonds is 9. The molecule has 2 aromatic carbocycles. The van der Waals surface area contributed by atoms with E-state index in [0.29, 0.717) is 23.7 Å². The summed E-state index contributed by atoms with van der Waals surface area (Å²) in [6.45, 7) is 6.37. The van der Waals surface area contributed by atoms with E-state index in [2.05, 4.69) is 5.32 Å². The topological polar surface area (TPSA) is 49.4 Å². The van der Waals surface area contributed by atoms with Crippen molar-refractivity contribution in [3.8, 4) is 0 Å². The second-order valence-electron chi connectivity index (χ2n) is 6.71. The molecule has 0 saturated heterocycles. The third-order valence-electron chi connectivity index (χ3n) is 4.65. The van der Waals surface area contributed by atoms with Crippen molar-refractivity contribution in [1.82, 2.24) is 10.2 Å². The zero-order valence-electron chi connectivity index (χ0n) is 16.9. The molecule has 0 aliphatic rings. The van der Waals surface area contributed by atoms with Gasteiger partial charge in [-0.15, -0.1) is 11.8 Å². The van der Waals surface area contributed by atoms with E-state index in [0.717, 1.165) is 11.1 Å². The fourth-order valence-corrected chi connectivity index (χ4v) is 4.12. The summed E-state index contributed by atoms with van der Waals surface area (Å²) >= 11 is 7.34. The SMILES string of the molecule is CCNC(=O)[C@@H](C)N(Cc1ccccc1C)C(=O)CSCc1c(F)cccc1Cl.